The number of aliphatic imine (C=N–C) groups is 1. The van der Waals surface area contributed by atoms with Crippen LogP contribution in [-0.4, -0.2) is 17.2 Å². The summed E-state index contributed by atoms with van der Waals surface area (Å²) < 4.78 is 44.5. The van der Waals surface area contributed by atoms with Gasteiger partial charge >= 0.3 is 6.18 Å². The summed E-state index contributed by atoms with van der Waals surface area (Å²) in [6.45, 7) is 12.8. The molecule has 0 aliphatic heterocycles. The molecule has 4 nitrogen and oxygen atoms in total. The van der Waals surface area contributed by atoms with E-state index in [1.807, 2.05) is 32.0 Å². The van der Waals surface area contributed by atoms with Crippen molar-refractivity contribution in [3.05, 3.63) is 88.6 Å². The molecule has 0 bridgehead atoms. The van der Waals surface area contributed by atoms with Gasteiger partial charge in [-0.2, -0.15) is 13.2 Å². The number of benzene rings is 2. The highest BCUT2D eigenvalue weighted by Crippen LogP contribution is 2.34. The first-order valence-corrected chi connectivity index (χ1v) is 12.0. The van der Waals surface area contributed by atoms with Crippen molar-refractivity contribution >= 4 is 11.6 Å². The minimum absolute atomic E-state index is 0.120. The second-order valence-corrected chi connectivity index (χ2v) is 9.67. The van der Waals surface area contributed by atoms with Gasteiger partial charge in [0.2, 0.25) is 5.91 Å². The number of carbonyl (C=O) groups is 1. The van der Waals surface area contributed by atoms with E-state index >= 15 is 0 Å². The fourth-order valence-corrected chi connectivity index (χ4v) is 4.08. The molecule has 1 N–H and O–H groups in total. The molecule has 1 unspecified atom stereocenters. The molecule has 2 aromatic rings. The largest absolute Gasteiger partial charge is 0.484 e. The maximum Gasteiger partial charge on any atom is 0.416 e. The van der Waals surface area contributed by atoms with Gasteiger partial charge in [0.05, 0.1) is 11.6 Å². The lowest BCUT2D eigenvalue weighted by molar-refractivity contribution is -0.137. The average Bonchev–Trinajstić information content (AvgIpc) is 2.82. The Bertz CT molecular complexity index is 1190. The zero-order valence-corrected chi connectivity index (χ0v) is 21.4. The number of carbonyl (C=O) groups excluding carboxylic acids is 1. The first kappa shape index (κ1) is 27.2. The SMILES string of the molecule is C=CC(C)(C)Oc1ccc2c(c1)CCCC2NC(=O)/C(C)=C(\C)N=C(C)c1ccc(C(F)(F)F)cc1. The van der Waals surface area contributed by atoms with Gasteiger partial charge in [0.25, 0.3) is 0 Å². The van der Waals surface area contributed by atoms with Crippen molar-refractivity contribution < 1.29 is 22.7 Å². The number of allylic oxidation sites excluding steroid dienone is 1. The molecule has 36 heavy (non-hydrogen) atoms. The molecular weight excluding hydrogens is 465 g/mol. The van der Waals surface area contributed by atoms with E-state index in [0.29, 0.717) is 22.5 Å². The van der Waals surface area contributed by atoms with Crippen LogP contribution in [0.25, 0.3) is 0 Å². The van der Waals surface area contributed by atoms with Crippen molar-refractivity contribution in [1.82, 2.24) is 5.32 Å². The van der Waals surface area contributed by atoms with Gasteiger partial charge in [-0.3, -0.25) is 9.79 Å². The topological polar surface area (TPSA) is 50.7 Å². The summed E-state index contributed by atoms with van der Waals surface area (Å²) in [7, 11) is 0. The molecule has 0 saturated carbocycles. The molecule has 1 aliphatic carbocycles. The predicted octanol–water partition coefficient (Wildman–Crippen LogP) is 7.35. The predicted molar refractivity (Wildman–Crippen MR) is 137 cm³/mol. The number of halogens is 3. The summed E-state index contributed by atoms with van der Waals surface area (Å²) in [5.41, 5.74) is 3.11. The maximum absolute atomic E-state index is 13.0. The van der Waals surface area contributed by atoms with Crippen molar-refractivity contribution in [2.24, 2.45) is 4.99 Å². The van der Waals surface area contributed by atoms with E-state index in [1.165, 1.54) is 12.1 Å². The van der Waals surface area contributed by atoms with Crippen LogP contribution in [0.3, 0.4) is 0 Å². The number of rotatable bonds is 7. The van der Waals surface area contributed by atoms with E-state index in [2.05, 4.69) is 16.9 Å². The highest BCUT2D eigenvalue weighted by Gasteiger charge is 2.30. The fraction of sp³-hybridized carbons (Fsp3) is 0.379. The quantitative estimate of drug-likeness (QED) is 0.247. The van der Waals surface area contributed by atoms with Crippen LogP contribution in [0, 0.1) is 0 Å². The van der Waals surface area contributed by atoms with E-state index in [9.17, 15) is 18.0 Å². The van der Waals surface area contributed by atoms with Crippen LogP contribution < -0.4 is 10.1 Å². The van der Waals surface area contributed by atoms with Crippen LogP contribution in [0.2, 0.25) is 0 Å². The third-order valence-corrected chi connectivity index (χ3v) is 6.46. The van der Waals surface area contributed by atoms with Crippen molar-refractivity contribution in [3.63, 3.8) is 0 Å². The summed E-state index contributed by atoms with van der Waals surface area (Å²) in [6.07, 6.45) is 0.0611. The molecular formula is C29H33F3N2O2. The molecule has 7 heteroatoms. The Morgan fingerprint density at radius 1 is 1.11 bits per heavy atom. The summed E-state index contributed by atoms with van der Waals surface area (Å²) >= 11 is 0. The summed E-state index contributed by atoms with van der Waals surface area (Å²) in [5.74, 6) is 0.549. The number of nitrogens with one attached hydrogen (secondary N) is 1. The molecule has 0 saturated heterocycles. The molecule has 0 heterocycles. The van der Waals surface area contributed by atoms with Gasteiger partial charge < -0.3 is 10.1 Å². The monoisotopic (exact) mass is 498 g/mol. The van der Waals surface area contributed by atoms with E-state index in [4.69, 9.17) is 4.74 Å². The highest BCUT2D eigenvalue weighted by molar-refractivity contribution is 6.00. The molecule has 0 fully saturated rings. The molecule has 0 aromatic heterocycles. The number of fused-ring (bicyclic) bond motifs is 1. The van der Waals surface area contributed by atoms with Gasteiger partial charge in [-0.1, -0.05) is 24.8 Å². The van der Waals surface area contributed by atoms with Gasteiger partial charge in [0.1, 0.15) is 11.4 Å². The number of nitrogens with zero attached hydrogens (tertiary/aromatic N) is 1. The second-order valence-electron chi connectivity index (χ2n) is 9.67. The summed E-state index contributed by atoms with van der Waals surface area (Å²) in [6, 6.07) is 10.7. The van der Waals surface area contributed by atoms with Crippen LogP contribution in [0.15, 0.2) is 71.4 Å². The molecule has 1 amide bonds. The minimum Gasteiger partial charge on any atom is -0.484 e. The van der Waals surface area contributed by atoms with Gasteiger partial charge in [0.15, 0.2) is 0 Å². The third-order valence-electron chi connectivity index (χ3n) is 6.46. The van der Waals surface area contributed by atoms with E-state index < -0.39 is 17.3 Å². The maximum atomic E-state index is 13.0. The molecule has 1 atom stereocenters. The lowest BCUT2D eigenvalue weighted by Gasteiger charge is -2.28. The average molecular weight is 499 g/mol. The molecule has 192 valence electrons. The van der Waals surface area contributed by atoms with Crippen LogP contribution in [-0.2, 0) is 17.4 Å². The second kappa shape index (κ2) is 10.7. The Labute approximate surface area is 211 Å². The number of alkyl halides is 3. The van der Waals surface area contributed by atoms with Crippen molar-refractivity contribution in [3.8, 4) is 5.75 Å². The zero-order valence-electron chi connectivity index (χ0n) is 21.4. The van der Waals surface area contributed by atoms with Crippen molar-refractivity contribution in [2.45, 2.75) is 71.7 Å². The van der Waals surface area contributed by atoms with E-state index in [-0.39, 0.29) is 11.9 Å². The fourth-order valence-electron chi connectivity index (χ4n) is 4.08. The Kier molecular flexibility index (Phi) is 8.12. The lowest BCUT2D eigenvalue weighted by atomic mass is 9.87. The van der Waals surface area contributed by atoms with Crippen LogP contribution >= 0.6 is 0 Å². The molecule has 0 spiro atoms. The van der Waals surface area contributed by atoms with Crippen LogP contribution in [0.4, 0.5) is 13.2 Å². The number of hydrogen-bond donors (Lipinski definition) is 1. The first-order valence-electron chi connectivity index (χ1n) is 12.0. The van der Waals surface area contributed by atoms with Crippen molar-refractivity contribution in [1.29, 1.82) is 0 Å². The summed E-state index contributed by atoms with van der Waals surface area (Å²) in [4.78, 5) is 17.5. The van der Waals surface area contributed by atoms with E-state index in [0.717, 1.165) is 48.3 Å². The zero-order chi connectivity index (χ0) is 26.7. The minimum atomic E-state index is -4.39. The molecule has 0 radical (unpaired) electrons. The number of amides is 1. The molecule has 1 aliphatic rings. The lowest BCUT2D eigenvalue weighted by Crippen LogP contribution is -2.32. The van der Waals surface area contributed by atoms with Crippen molar-refractivity contribution in [2.75, 3.05) is 0 Å². The van der Waals surface area contributed by atoms with Gasteiger partial charge in [0, 0.05) is 17.0 Å². The molecule has 3 rings (SSSR count). The Balaban J connectivity index is 1.74. The van der Waals surface area contributed by atoms with Gasteiger partial charge in [-0.05, 0) is 101 Å². The Morgan fingerprint density at radius 2 is 1.78 bits per heavy atom. The first-order chi connectivity index (χ1) is 16.8. The smallest absolute Gasteiger partial charge is 0.416 e. The van der Waals surface area contributed by atoms with Crippen LogP contribution in [0.5, 0.6) is 5.75 Å². The normalized spacial score (nSPS) is 17.1. The molecule has 2 aromatic carbocycles. The van der Waals surface area contributed by atoms with Gasteiger partial charge in [-0.25, -0.2) is 0 Å². The number of hydrogen-bond acceptors (Lipinski definition) is 3. The highest BCUT2D eigenvalue weighted by atomic mass is 19.4. The Hall–Kier alpha value is -3.35. The van der Waals surface area contributed by atoms with Gasteiger partial charge in [-0.15, -0.1) is 0 Å². The van der Waals surface area contributed by atoms with E-state index in [1.54, 1.807) is 26.8 Å². The number of ether oxygens (including phenoxy) is 1. The van der Waals surface area contributed by atoms with Crippen LogP contribution in [0.1, 0.15) is 75.8 Å². The summed E-state index contributed by atoms with van der Waals surface area (Å²) in [5, 5.41) is 3.12. The Morgan fingerprint density at radius 3 is 2.39 bits per heavy atom. The third kappa shape index (κ3) is 6.65. The standard InChI is InChI=1S/C29H33F3N2O2/c1-7-28(5,6)36-24-15-16-25-22(17-24)9-8-10-26(25)34-27(35)18(2)19(3)33-20(4)21-11-13-23(14-12-21)29(30,31)32/h7,11-17,26H,1,8-10H2,2-6H3,(H,34,35)/b19-18+,33-20?. The number of aryl methyl sites for hydroxylation is 1.